The highest BCUT2D eigenvalue weighted by molar-refractivity contribution is 6.66. The van der Waals surface area contributed by atoms with E-state index in [2.05, 4.69) is 96.5 Å². The Morgan fingerprint density at radius 2 is 1.24 bits per heavy atom. The van der Waals surface area contributed by atoms with Crippen molar-refractivity contribution in [2.75, 3.05) is 0 Å². The van der Waals surface area contributed by atoms with Crippen LogP contribution in [0.25, 0.3) is 46.2 Å². The lowest BCUT2D eigenvalue weighted by Crippen LogP contribution is -2.41. The van der Waals surface area contributed by atoms with Crippen LogP contribution in [0.1, 0.15) is 49.9 Å². The standard InChI is InChI=1S/C30H31BO2/c1-9-20-16-15-19-24(21(20)10-2)27-22(11-3)23(12-4)28(26-18-14-13-17-25(26)27)31-32-29(5,6)30(7,8)33-31/h9-19H,1-4H2,5-8H3. The molecule has 0 N–H and O–H groups in total. The van der Waals surface area contributed by atoms with Crippen LogP contribution in [0.15, 0.2) is 68.8 Å². The predicted octanol–water partition coefficient (Wildman–Crippen LogP) is 7.38. The van der Waals surface area contributed by atoms with Crippen molar-refractivity contribution >= 4 is 47.7 Å². The van der Waals surface area contributed by atoms with Crippen LogP contribution in [0.4, 0.5) is 0 Å². The molecule has 0 amide bonds. The number of rotatable bonds is 6. The van der Waals surface area contributed by atoms with Gasteiger partial charge in [-0.05, 0) is 77.3 Å². The van der Waals surface area contributed by atoms with E-state index < -0.39 is 18.3 Å². The van der Waals surface area contributed by atoms with E-state index in [0.717, 1.165) is 49.6 Å². The Morgan fingerprint density at radius 3 is 1.79 bits per heavy atom. The minimum absolute atomic E-state index is 0.446. The Morgan fingerprint density at radius 1 is 0.667 bits per heavy atom. The zero-order valence-corrected chi connectivity index (χ0v) is 20.1. The van der Waals surface area contributed by atoms with Crippen LogP contribution in [0.3, 0.4) is 0 Å². The first-order chi connectivity index (χ1) is 15.7. The first-order valence-corrected chi connectivity index (χ1v) is 11.3. The lowest BCUT2D eigenvalue weighted by atomic mass is 9.69. The van der Waals surface area contributed by atoms with Crippen LogP contribution in [-0.4, -0.2) is 18.3 Å². The van der Waals surface area contributed by atoms with E-state index in [1.165, 1.54) is 0 Å². The molecule has 0 atom stereocenters. The van der Waals surface area contributed by atoms with Gasteiger partial charge < -0.3 is 9.31 Å². The van der Waals surface area contributed by atoms with Crippen molar-refractivity contribution in [3.8, 4) is 11.1 Å². The molecule has 0 saturated carbocycles. The molecule has 3 aromatic rings. The number of hydrogen-bond acceptors (Lipinski definition) is 2. The summed E-state index contributed by atoms with van der Waals surface area (Å²) < 4.78 is 13.0. The molecule has 33 heavy (non-hydrogen) atoms. The van der Waals surface area contributed by atoms with Gasteiger partial charge in [-0.1, -0.05) is 93.1 Å². The minimum atomic E-state index is -0.515. The average molecular weight is 434 g/mol. The third-order valence-corrected chi connectivity index (χ3v) is 7.07. The Hall–Kier alpha value is -3.14. The lowest BCUT2D eigenvalue weighted by molar-refractivity contribution is 0.00578. The molecule has 1 fully saturated rings. The summed E-state index contributed by atoms with van der Waals surface area (Å²) in [7, 11) is -0.515. The summed E-state index contributed by atoms with van der Waals surface area (Å²) >= 11 is 0. The molecule has 0 radical (unpaired) electrons. The van der Waals surface area contributed by atoms with Gasteiger partial charge in [0.15, 0.2) is 0 Å². The summed E-state index contributed by atoms with van der Waals surface area (Å²) in [6.45, 7) is 24.7. The predicted molar refractivity (Wildman–Crippen MR) is 145 cm³/mol. The highest BCUT2D eigenvalue weighted by Gasteiger charge is 2.52. The van der Waals surface area contributed by atoms with E-state index in [0.29, 0.717) is 0 Å². The van der Waals surface area contributed by atoms with Crippen LogP contribution in [0, 0.1) is 0 Å². The molecule has 0 aliphatic carbocycles. The fraction of sp³-hybridized carbons (Fsp3) is 0.200. The van der Waals surface area contributed by atoms with Crippen LogP contribution in [-0.2, 0) is 9.31 Å². The monoisotopic (exact) mass is 434 g/mol. The quantitative estimate of drug-likeness (QED) is 0.377. The van der Waals surface area contributed by atoms with E-state index in [1.807, 2.05) is 24.3 Å². The molecule has 0 unspecified atom stereocenters. The van der Waals surface area contributed by atoms with Crippen molar-refractivity contribution in [3.63, 3.8) is 0 Å². The van der Waals surface area contributed by atoms with Gasteiger partial charge in [0.25, 0.3) is 0 Å². The zero-order chi connectivity index (χ0) is 24.0. The molecule has 1 aliphatic heterocycles. The maximum atomic E-state index is 6.49. The van der Waals surface area contributed by atoms with Gasteiger partial charge in [0.2, 0.25) is 0 Å². The van der Waals surface area contributed by atoms with Gasteiger partial charge in [0.1, 0.15) is 0 Å². The first kappa shape index (κ1) is 23.0. The number of fused-ring (bicyclic) bond motifs is 1. The summed E-state index contributed by atoms with van der Waals surface area (Å²) in [5.74, 6) is 0. The van der Waals surface area contributed by atoms with E-state index in [4.69, 9.17) is 9.31 Å². The Bertz CT molecular complexity index is 1280. The third kappa shape index (κ3) is 3.53. The van der Waals surface area contributed by atoms with Crippen LogP contribution in [0.5, 0.6) is 0 Å². The maximum Gasteiger partial charge on any atom is 0.496 e. The van der Waals surface area contributed by atoms with Gasteiger partial charge in [0, 0.05) is 0 Å². The molecule has 0 aromatic heterocycles. The van der Waals surface area contributed by atoms with E-state index in [9.17, 15) is 0 Å². The normalized spacial score (nSPS) is 16.5. The molecule has 3 aromatic carbocycles. The molecule has 3 heteroatoms. The highest BCUT2D eigenvalue weighted by atomic mass is 16.7. The van der Waals surface area contributed by atoms with Gasteiger partial charge >= 0.3 is 7.12 Å². The smallest absolute Gasteiger partial charge is 0.399 e. The SMILES string of the molecule is C=Cc1cccc(-c2c(C=C)c(C=C)c(B3OC(C)(C)C(C)(C)O3)c3ccccc23)c1C=C. The van der Waals surface area contributed by atoms with Gasteiger partial charge in [0.05, 0.1) is 11.2 Å². The van der Waals surface area contributed by atoms with Crippen LogP contribution in [0.2, 0.25) is 0 Å². The summed E-state index contributed by atoms with van der Waals surface area (Å²) in [4.78, 5) is 0. The second-order valence-electron chi connectivity index (χ2n) is 9.37. The maximum absolute atomic E-state index is 6.49. The first-order valence-electron chi connectivity index (χ1n) is 11.3. The number of hydrogen-bond donors (Lipinski definition) is 0. The van der Waals surface area contributed by atoms with Crippen LogP contribution < -0.4 is 5.46 Å². The Balaban J connectivity index is 2.13. The molecule has 0 spiro atoms. The zero-order valence-electron chi connectivity index (χ0n) is 20.1. The van der Waals surface area contributed by atoms with E-state index in [1.54, 1.807) is 0 Å². The molecule has 2 nitrogen and oxygen atoms in total. The van der Waals surface area contributed by atoms with E-state index >= 15 is 0 Å². The fourth-order valence-electron chi connectivity index (χ4n) is 4.65. The van der Waals surface area contributed by atoms with Gasteiger partial charge in [-0.3, -0.25) is 0 Å². The molecule has 4 rings (SSSR count). The fourth-order valence-corrected chi connectivity index (χ4v) is 4.65. The molecule has 1 heterocycles. The molecule has 1 aliphatic rings. The summed E-state index contributed by atoms with van der Waals surface area (Å²) in [5.41, 5.74) is 6.31. The molecular weight excluding hydrogens is 403 g/mol. The summed E-state index contributed by atoms with van der Waals surface area (Å²) in [6.07, 6.45) is 7.55. The largest absolute Gasteiger partial charge is 0.496 e. The van der Waals surface area contributed by atoms with Crippen molar-refractivity contribution < 1.29 is 9.31 Å². The second kappa shape index (κ2) is 8.33. The third-order valence-electron chi connectivity index (χ3n) is 7.07. The highest BCUT2D eigenvalue weighted by Crippen LogP contribution is 2.41. The Kier molecular flexibility index (Phi) is 5.82. The van der Waals surface area contributed by atoms with Crippen molar-refractivity contribution in [2.45, 2.75) is 38.9 Å². The lowest BCUT2D eigenvalue weighted by Gasteiger charge is -2.32. The topological polar surface area (TPSA) is 18.5 Å². The van der Waals surface area contributed by atoms with Gasteiger partial charge in [-0.25, -0.2) is 0 Å². The molecular formula is C30H31BO2. The van der Waals surface area contributed by atoms with Crippen molar-refractivity contribution in [2.24, 2.45) is 0 Å². The molecule has 0 bridgehead atoms. The Labute approximate surface area is 198 Å². The molecule has 166 valence electrons. The second-order valence-corrected chi connectivity index (χ2v) is 9.37. The average Bonchev–Trinajstić information content (AvgIpc) is 3.02. The molecule has 1 saturated heterocycles. The number of benzene rings is 3. The summed E-state index contributed by atoms with van der Waals surface area (Å²) in [5, 5.41) is 2.18. The van der Waals surface area contributed by atoms with Crippen LogP contribution >= 0.6 is 0 Å². The van der Waals surface area contributed by atoms with Crippen molar-refractivity contribution in [1.82, 2.24) is 0 Å². The minimum Gasteiger partial charge on any atom is -0.399 e. The van der Waals surface area contributed by atoms with Gasteiger partial charge in [-0.2, -0.15) is 0 Å². The van der Waals surface area contributed by atoms with Crippen molar-refractivity contribution in [1.29, 1.82) is 0 Å². The van der Waals surface area contributed by atoms with E-state index in [-0.39, 0.29) is 0 Å². The summed E-state index contributed by atoms with van der Waals surface area (Å²) in [6, 6.07) is 14.6. The van der Waals surface area contributed by atoms with Gasteiger partial charge in [-0.15, -0.1) is 0 Å². The van der Waals surface area contributed by atoms with Crippen molar-refractivity contribution in [3.05, 3.63) is 91.0 Å².